The summed E-state index contributed by atoms with van der Waals surface area (Å²) in [6.07, 6.45) is -0.473. The minimum absolute atomic E-state index is 0.101. The Bertz CT molecular complexity index is 1050. The molecule has 0 saturated heterocycles. The lowest BCUT2D eigenvalue weighted by Gasteiger charge is -2.12. The van der Waals surface area contributed by atoms with E-state index in [1.807, 2.05) is 19.1 Å². The largest absolute Gasteiger partial charge is 0.440 e. The number of carbonyl (C=O) groups is 1. The third-order valence-electron chi connectivity index (χ3n) is 5.38. The van der Waals surface area contributed by atoms with E-state index in [0.717, 1.165) is 41.6 Å². The van der Waals surface area contributed by atoms with Crippen molar-refractivity contribution in [1.82, 2.24) is 10.3 Å². The number of fused-ring (bicyclic) bond motifs is 1. The van der Waals surface area contributed by atoms with Crippen LogP contribution in [-0.4, -0.2) is 17.4 Å². The first kappa shape index (κ1) is 20.4. The molecule has 0 bridgehead atoms. The quantitative estimate of drug-likeness (QED) is 0.515. The van der Waals surface area contributed by atoms with Crippen molar-refractivity contribution >= 4 is 17.0 Å². The van der Waals surface area contributed by atoms with Crippen molar-refractivity contribution in [3.63, 3.8) is 0 Å². The van der Waals surface area contributed by atoms with Gasteiger partial charge in [-0.2, -0.15) is 13.2 Å². The SMILES string of the molecule is CCc1nc2ccc(-c3ccc(C(F)(F)F)cc3)c(CCCNC(=O)C3CC3)c2o1. The fourth-order valence-electron chi connectivity index (χ4n) is 3.57. The third kappa shape index (κ3) is 4.35. The van der Waals surface area contributed by atoms with E-state index in [-0.39, 0.29) is 11.8 Å². The summed E-state index contributed by atoms with van der Waals surface area (Å²) < 4.78 is 44.7. The number of oxazole rings is 1. The Morgan fingerprint density at radius 3 is 2.53 bits per heavy atom. The van der Waals surface area contributed by atoms with Gasteiger partial charge in [-0.25, -0.2) is 4.98 Å². The first-order valence-corrected chi connectivity index (χ1v) is 10.2. The highest BCUT2D eigenvalue weighted by Gasteiger charge is 2.30. The Labute approximate surface area is 172 Å². The fourth-order valence-corrected chi connectivity index (χ4v) is 3.57. The molecule has 1 saturated carbocycles. The molecule has 1 aliphatic carbocycles. The number of rotatable bonds is 7. The molecule has 0 radical (unpaired) electrons. The van der Waals surface area contributed by atoms with Gasteiger partial charge in [0.05, 0.1) is 5.56 Å². The summed E-state index contributed by atoms with van der Waals surface area (Å²) in [5, 5.41) is 2.95. The van der Waals surface area contributed by atoms with E-state index in [4.69, 9.17) is 4.42 Å². The van der Waals surface area contributed by atoms with Gasteiger partial charge < -0.3 is 9.73 Å². The number of carbonyl (C=O) groups excluding carboxylic acids is 1. The average Bonchev–Trinajstić information content (AvgIpc) is 3.49. The molecule has 1 aliphatic rings. The van der Waals surface area contributed by atoms with Crippen LogP contribution in [0.1, 0.15) is 43.2 Å². The normalized spacial score (nSPS) is 14.3. The van der Waals surface area contributed by atoms with Crippen molar-refractivity contribution in [2.75, 3.05) is 6.54 Å². The number of alkyl halides is 3. The summed E-state index contributed by atoms with van der Waals surface area (Å²) in [4.78, 5) is 16.3. The van der Waals surface area contributed by atoms with Crippen LogP contribution in [0.2, 0.25) is 0 Å². The molecule has 1 fully saturated rings. The van der Waals surface area contributed by atoms with E-state index in [1.165, 1.54) is 12.1 Å². The number of aromatic nitrogens is 1. The van der Waals surface area contributed by atoms with Crippen LogP contribution in [0.25, 0.3) is 22.2 Å². The second-order valence-electron chi connectivity index (χ2n) is 7.65. The molecule has 158 valence electrons. The van der Waals surface area contributed by atoms with Crippen molar-refractivity contribution in [3.8, 4) is 11.1 Å². The van der Waals surface area contributed by atoms with E-state index in [1.54, 1.807) is 0 Å². The summed E-state index contributed by atoms with van der Waals surface area (Å²) in [7, 11) is 0. The second kappa shape index (κ2) is 8.13. The van der Waals surface area contributed by atoms with E-state index >= 15 is 0 Å². The minimum atomic E-state index is -4.37. The third-order valence-corrected chi connectivity index (χ3v) is 5.38. The van der Waals surface area contributed by atoms with Crippen LogP contribution in [0.4, 0.5) is 13.2 Å². The van der Waals surface area contributed by atoms with Gasteiger partial charge in [0.25, 0.3) is 0 Å². The summed E-state index contributed by atoms with van der Waals surface area (Å²) in [5.74, 6) is 0.888. The highest BCUT2D eigenvalue weighted by Crippen LogP contribution is 2.35. The lowest BCUT2D eigenvalue weighted by molar-refractivity contribution is -0.137. The molecule has 1 N–H and O–H groups in total. The molecule has 3 aromatic rings. The predicted molar refractivity (Wildman–Crippen MR) is 108 cm³/mol. The van der Waals surface area contributed by atoms with Crippen molar-refractivity contribution < 1.29 is 22.4 Å². The van der Waals surface area contributed by atoms with Gasteiger partial charge in [0.2, 0.25) is 5.91 Å². The Morgan fingerprint density at radius 1 is 1.17 bits per heavy atom. The zero-order valence-corrected chi connectivity index (χ0v) is 16.7. The number of amides is 1. The highest BCUT2D eigenvalue weighted by atomic mass is 19.4. The van der Waals surface area contributed by atoms with Crippen molar-refractivity contribution in [1.29, 1.82) is 0 Å². The standard InChI is InChI=1S/C23H23F3N2O2/c1-2-20-28-19-12-11-17(14-7-9-16(10-8-14)23(24,25)26)18(21(19)30-20)4-3-13-27-22(29)15-5-6-15/h7-12,15H,2-6,13H2,1H3,(H,27,29). The Kier molecular flexibility index (Phi) is 5.54. The summed E-state index contributed by atoms with van der Waals surface area (Å²) in [6.45, 7) is 2.50. The number of hydrogen-bond acceptors (Lipinski definition) is 3. The topological polar surface area (TPSA) is 55.1 Å². The van der Waals surface area contributed by atoms with Crippen molar-refractivity contribution in [3.05, 3.63) is 53.4 Å². The molecule has 4 rings (SSSR count). The molecule has 0 aliphatic heterocycles. The molecule has 1 aromatic heterocycles. The van der Waals surface area contributed by atoms with E-state index < -0.39 is 11.7 Å². The smallest absolute Gasteiger partial charge is 0.416 e. The molecular formula is C23H23F3N2O2. The number of benzene rings is 2. The first-order chi connectivity index (χ1) is 14.4. The Balaban J connectivity index is 1.62. The number of hydrogen-bond donors (Lipinski definition) is 1. The molecule has 0 atom stereocenters. The lowest BCUT2D eigenvalue weighted by atomic mass is 9.95. The summed E-state index contributed by atoms with van der Waals surface area (Å²) in [6, 6.07) is 8.88. The summed E-state index contributed by atoms with van der Waals surface area (Å²) >= 11 is 0. The molecule has 4 nitrogen and oxygen atoms in total. The second-order valence-corrected chi connectivity index (χ2v) is 7.65. The van der Waals surface area contributed by atoms with Crippen LogP contribution in [0, 0.1) is 5.92 Å². The summed E-state index contributed by atoms with van der Waals surface area (Å²) in [5.41, 5.74) is 3.14. The maximum absolute atomic E-state index is 12.9. The maximum atomic E-state index is 12.9. The molecule has 7 heteroatoms. The fraction of sp³-hybridized carbons (Fsp3) is 0.391. The predicted octanol–water partition coefficient (Wildman–Crippen LogP) is 5.53. The van der Waals surface area contributed by atoms with Gasteiger partial charge in [-0.1, -0.05) is 25.1 Å². The van der Waals surface area contributed by atoms with E-state index in [2.05, 4.69) is 10.3 Å². The highest BCUT2D eigenvalue weighted by molar-refractivity contribution is 5.85. The van der Waals surface area contributed by atoms with Gasteiger partial charge in [-0.15, -0.1) is 0 Å². The first-order valence-electron chi connectivity index (χ1n) is 10.2. The molecule has 2 aromatic carbocycles. The van der Waals surface area contributed by atoms with Gasteiger partial charge in [0.1, 0.15) is 5.52 Å². The zero-order valence-electron chi connectivity index (χ0n) is 16.7. The monoisotopic (exact) mass is 416 g/mol. The Hall–Kier alpha value is -2.83. The van der Waals surface area contributed by atoms with Crippen LogP contribution in [0.3, 0.4) is 0 Å². The lowest BCUT2D eigenvalue weighted by Crippen LogP contribution is -2.26. The van der Waals surface area contributed by atoms with Gasteiger partial charge in [0, 0.05) is 24.4 Å². The van der Waals surface area contributed by atoms with Gasteiger partial charge in [-0.05, 0) is 55.0 Å². The minimum Gasteiger partial charge on any atom is -0.440 e. The van der Waals surface area contributed by atoms with E-state index in [0.29, 0.717) is 42.8 Å². The molecule has 30 heavy (non-hydrogen) atoms. The van der Waals surface area contributed by atoms with E-state index in [9.17, 15) is 18.0 Å². The molecule has 1 heterocycles. The number of nitrogens with one attached hydrogen (secondary N) is 1. The zero-order chi connectivity index (χ0) is 21.3. The molecular weight excluding hydrogens is 393 g/mol. The Morgan fingerprint density at radius 2 is 1.90 bits per heavy atom. The molecule has 1 amide bonds. The maximum Gasteiger partial charge on any atom is 0.416 e. The number of halogens is 3. The van der Waals surface area contributed by atoms with Crippen LogP contribution < -0.4 is 5.32 Å². The van der Waals surface area contributed by atoms with Crippen LogP contribution in [0.5, 0.6) is 0 Å². The van der Waals surface area contributed by atoms with Crippen LogP contribution >= 0.6 is 0 Å². The van der Waals surface area contributed by atoms with Gasteiger partial charge in [0.15, 0.2) is 11.5 Å². The van der Waals surface area contributed by atoms with Crippen LogP contribution in [0.15, 0.2) is 40.8 Å². The molecule has 0 unspecified atom stereocenters. The number of aryl methyl sites for hydroxylation is 2. The van der Waals surface area contributed by atoms with Gasteiger partial charge >= 0.3 is 6.18 Å². The average molecular weight is 416 g/mol. The van der Waals surface area contributed by atoms with Crippen LogP contribution in [-0.2, 0) is 23.8 Å². The van der Waals surface area contributed by atoms with Gasteiger partial charge in [-0.3, -0.25) is 4.79 Å². The van der Waals surface area contributed by atoms with Crippen molar-refractivity contribution in [2.45, 2.75) is 45.2 Å². The molecule has 0 spiro atoms. The number of nitrogens with zero attached hydrogens (tertiary/aromatic N) is 1. The van der Waals surface area contributed by atoms with Crippen molar-refractivity contribution in [2.24, 2.45) is 5.92 Å².